The molecule has 150 valence electrons. The standard InChI is InChI=1S/C19H20N2O2.Au.3ClH/c1-4-21-13-20-18(14-5-9-16(22-2)10-6-14)19(21)15-7-11-17(23-3)12-8-15;;;;/h5-13H,4H2,1-3H3;;3*1H/q;+3;;;/p-3. The second-order valence-electron chi connectivity index (χ2n) is 5.31. The van der Waals surface area contributed by atoms with E-state index in [1.807, 2.05) is 42.7 Å². The third-order valence-corrected chi connectivity index (χ3v) is 3.91. The van der Waals surface area contributed by atoms with Crippen molar-refractivity contribution in [3.05, 3.63) is 54.9 Å². The molecule has 0 amide bonds. The summed E-state index contributed by atoms with van der Waals surface area (Å²) in [4.78, 5) is 4.62. The summed E-state index contributed by atoms with van der Waals surface area (Å²) in [6.45, 7) is 2.98. The molecular weight excluding hydrogens is 592 g/mol. The molecule has 4 nitrogen and oxygen atoms in total. The topological polar surface area (TPSA) is 36.3 Å². The summed E-state index contributed by atoms with van der Waals surface area (Å²) in [5.41, 5.74) is 4.28. The molecule has 0 radical (unpaired) electrons. The van der Waals surface area contributed by atoms with Gasteiger partial charge >= 0.3 is 42.8 Å². The van der Waals surface area contributed by atoms with Crippen molar-refractivity contribution in [2.75, 3.05) is 14.2 Å². The van der Waals surface area contributed by atoms with Crippen LogP contribution in [0.15, 0.2) is 54.9 Å². The van der Waals surface area contributed by atoms with Crippen molar-refractivity contribution in [3.63, 3.8) is 0 Å². The molecule has 0 atom stereocenters. The van der Waals surface area contributed by atoms with E-state index >= 15 is 0 Å². The number of ether oxygens (including phenoxy) is 2. The van der Waals surface area contributed by atoms with Crippen molar-refractivity contribution in [1.29, 1.82) is 0 Å². The molecule has 3 rings (SSSR count). The Morgan fingerprint density at radius 1 is 0.852 bits per heavy atom. The van der Waals surface area contributed by atoms with Gasteiger partial charge in [0.05, 0.1) is 31.9 Å². The molecule has 1 heterocycles. The second kappa shape index (κ2) is 11.0. The average molecular weight is 612 g/mol. The fourth-order valence-corrected chi connectivity index (χ4v) is 2.63. The quantitative estimate of drug-likeness (QED) is 0.317. The van der Waals surface area contributed by atoms with Crippen molar-refractivity contribution in [3.8, 4) is 34.0 Å². The molecule has 0 unspecified atom stereocenters. The molecule has 0 spiro atoms. The Kier molecular flexibility index (Phi) is 9.03. The van der Waals surface area contributed by atoms with Gasteiger partial charge in [-0.25, -0.2) is 4.98 Å². The summed E-state index contributed by atoms with van der Waals surface area (Å²) in [6.07, 6.45) is 1.89. The fourth-order valence-electron chi connectivity index (χ4n) is 2.63. The van der Waals surface area contributed by atoms with Crippen LogP contribution in [0.2, 0.25) is 0 Å². The number of halogens is 3. The Hall–Kier alpha value is -1.14. The number of aryl methyl sites for hydroxylation is 1. The first-order valence-electron chi connectivity index (χ1n) is 7.95. The third-order valence-electron chi connectivity index (χ3n) is 3.91. The summed E-state index contributed by atoms with van der Waals surface area (Å²) in [5.74, 6) is 1.69. The fraction of sp³-hybridized carbons (Fsp3) is 0.211. The van der Waals surface area contributed by atoms with Crippen molar-refractivity contribution in [1.82, 2.24) is 9.55 Å². The van der Waals surface area contributed by atoms with Crippen LogP contribution in [0.4, 0.5) is 0 Å². The van der Waals surface area contributed by atoms with Gasteiger partial charge in [-0.15, -0.1) is 0 Å². The number of methoxy groups -OCH3 is 2. The van der Waals surface area contributed by atoms with E-state index in [0.29, 0.717) is 0 Å². The first-order chi connectivity index (χ1) is 13.0. The van der Waals surface area contributed by atoms with Crippen LogP contribution in [0.25, 0.3) is 22.5 Å². The van der Waals surface area contributed by atoms with E-state index in [1.54, 1.807) is 14.2 Å². The summed E-state index contributed by atoms with van der Waals surface area (Å²) < 4.78 is 12.6. The SMILES string of the molecule is CCn1cnc(-c2ccc(OC)cc2)c1-c1ccc(OC)cc1.[Cl][Au]([Cl])[Cl]. The van der Waals surface area contributed by atoms with Gasteiger partial charge < -0.3 is 14.0 Å². The minimum atomic E-state index is -1.79. The first kappa shape index (κ1) is 22.2. The van der Waals surface area contributed by atoms with Gasteiger partial charge in [0.1, 0.15) is 11.5 Å². The second-order valence-corrected chi connectivity index (χ2v) is 14.7. The molecule has 0 aliphatic rings. The molecule has 2 aromatic carbocycles. The molecule has 1 aromatic heterocycles. The number of aromatic nitrogens is 2. The van der Waals surface area contributed by atoms with Crippen LogP contribution in [-0.4, -0.2) is 23.8 Å². The Morgan fingerprint density at radius 3 is 1.70 bits per heavy atom. The van der Waals surface area contributed by atoms with Gasteiger partial charge in [-0.1, -0.05) is 0 Å². The van der Waals surface area contributed by atoms with E-state index < -0.39 is 15.2 Å². The van der Waals surface area contributed by atoms with Crippen molar-refractivity contribution in [2.45, 2.75) is 13.5 Å². The van der Waals surface area contributed by atoms with E-state index in [4.69, 9.17) is 37.0 Å². The number of hydrogen-bond donors (Lipinski definition) is 0. The number of rotatable bonds is 5. The van der Waals surface area contributed by atoms with E-state index in [-0.39, 0.29) is 0 Å². The van der Waals surface area contributed by atoms with Crippen molar-refractivity contribution >= 4 is 27.6 Å². The molecular formula is C19H20AuCl3N2O2. The number of imidazole rings is 1. The Balaban J connectivity index is 0.000000596. The molecule has 0 fully saturated rings. The van der Waals surface area contributed by atoms with Crippen molar-refractivity contribution < 1.29 is 24.7 Å². The molecule has 0 saturated carbocycles. The molecule has 0 saturated heterocycles. The molecule has 0 aliphatic heterocycles. The molecule has 3 aromatic rings. The van der Waals surface area contributed by atoms with E-state index in [9.17, 15) is 0 Å². The van der Waals surface area contributed by atoms with Crippen LogP contribution >= 0.6 is 27.6 Å². The Labute approximate surface area is 177 Å². The van der Waals surface area contributed by atoms with Gasteiger partial charge in [0.25, 0.3) is 0 Å². The predicted molar refractivity (Wildman–Crippen MR) is 109 cm³/mol. The molecule has 0 aliphatic carbocycles. The van der Waals surface area contributed by atoms with Gasteiger partial charge in [0.2, 0.25) is 0 Å². The molecule has 27 heavy (non-hydrogen) atoms. The van der Waals surface area contributed by atoms with Crippen LogP contribution < -0.4 is 9.47 Å². The van der Waals surface area contributed by atoms with Gasteiger partial charge in [0, 0.05) is 17.7 Å². The summed E-state index contributed by atoms with van der Waals surface area (Å²) in [5, 5.41) is 0. The van der Waals surface area contributed by atoms with E-state index in [1.165, 1.54) is 0 Å². The minimum absolute atomic E-state index is 0.842. The zero-order chi connectivity index (χ0) is 19.8. The van der Waals surface area contributed by atoms with Crippen LogP contribution in [-0.2, 0) is 21.7 Å². The van der Waals surface area contributed by atoms with Crippen LogP contribution in [0, 0.1) is 0 Å². The number of nitrogens with zero attached hydrogens (tertiary/aromatic N) is 2. The van der Waals surface area contributed by atoms with E-state index in [0.717, 1.165) is 40.6 Å². The third kappa shape index (κ3) is 6.18. The molecule has 0 N–H and O–H groups in total. The van der Waals surface area contributed by atoms with Crippen LogP contribution in [0.3, 0.4) is 0 Å². The number of hydrogen-bond acceptors (Lipinski definition) is 3. The summed E-state index contributed by atoms with van der Waals surface area (Å²) >= 11 is -1.79. The predicted octanol–water partition coefficient (Wildman–Crippen LogP) is 6.32. The average Bonchev–Trinajstić information content (AvgIpc) is 3.11. The van der Waals surface area contributed by atoms with Crippen LogP contribution in [0.5, 0.6) is 11.5 Å². The van der Waals surface area contributed by atoms with Crippen LogP contribution in [0.1, 0.15) is 6.92 Å². The summed E-state index contributed by atoms with van der Waals surface area (Å²) in [6, 6.07) is 16.1. The zero-order valence-corrected chi connectivity index (χ0v) is 19.5. The Bertz CT molecular complexity index is 834. The molecule has 8 heteroatoms. The van der Waals surface area contributed by atoms with E-state index in [2.05, 4.69) is 28.6 Å². The van der Waals surface area contributed by atoms with Gasteiger partial charge in [0.15, 0.2) is 0 Å². The maximum absolute atomic E-state index is 5.25. The zero-order valence-electron chi connectivity index (χ0n) is 15.0. The Morgan fingerprint density at radius 2 is 1.30 bits per heavy atom. The first-order valence-corrected chi connectivity index (χ1v) is 16.0. The summed E-state index contributed by atoms with van der Waals surface area (Å²) in [7, 11) is 18.2. The van der Waals surface area contributed by atoms with Gasteiger partial charge in [-0.3, -0.25) is 0 Å². The number of benzene rings is 2. The van der Waals surface area contributed by atoms with Crippen molar-refractivity contribution in [2.24, 2.45) is 0 Å². The monoisotopic (exact) mass is 610 g/mol. The normalized spacial score (nSPS) is 10.7. The molecule has 0 bridgehead atoms. The maximum atomic E-state index is 5.25. The van der Waals surface area contributed by atoms with Gasteiger partial charge in [-0.2, -0.15) is 0 Å². The van der Waals surface area contributed by atoms with Gasteiger partial charge in [-0.05, 0) is 55.5 Å².